The molecule has 0 amide bonds. The zero-order valence-electron chi connectivity index (χ0n) is 25.7. The molecule has 5 aromatic carbocycles. The summed E-state index contributed by atoms with van der Waals surface area (Å²) in [6.45, 7) is -1.48. The molecule has 0 bridgehead atoms. The molecule has 0 spiro atoms. The van der Waals surface area contributed by atoms with E-state index in [-0.39, 0.29) is 5.56 Å². The number of rotatable bonds is 5. The van der Waals surface area contributed by atoms with Crippen molar-refractivity contribution in [2.24, 2.45) is 0 Å². The van der Waals surface area contributed by atoms with E-state index >= 15 is 0 Å². The second kappa shape index (κ2) is 10.1. The van der Waals surface area contributed by atoms with Crippen LogP contribution in [0.25, 0.3) is 27.6 Å². The lowest BCUT2D eigenvalue weighted by atomic mass is 10.2. The fraction of sp³-hybridized carbons (Fsp3) is 0.0541. The third kappa shape index (κ3) is 4.21. The molecule has 0 saturated heterocycles. The number of aryl methyl sites for hydroxylation is 1. The molecule has 42 heavy (non-hydrogen) atoms. The number of hydrogen-bond donors (Lipinski definition) is 0. The topological polar surface area (TPSA) is 24.3 Å². The van der Waals surface area contributed by atoms with Crippen LogP contribution in [0.1, 0.15) is 9.68 Å². The van der Waals surface area contributed by atoms with Gasteiger partial charge in [0.1, 0.15) is 12.5 Å². The van der Waals surface area contributed by atoms with Gasteiger partial charge >= 0.3 is 0 Å². The predicted molar refractivity (Wildman–Crippen MR) is 176 cm³/mol. The van der Waals surface area contributed by atoms with Crippen molar-refractivity contribution in [1.29, 1.82) is 0 Å². The van der Waals surface area contributed by atoms with Crippen molar-refractivity contribution in [3.05, 3.63) is 145 Å². The molecule has 2 aromatic heterocycles. The molecule has 0 radical (unpaired) electrons. The number of nitrogens with zero attached hydrogens (tertiary/aromatic N) is 4. The van der Waals surface area contributed by atoms with Gasteiger partial charge in [-0.2, -0.15) is 0 Å². The molecule has 0 fully saturated rings. The van der Waals surface area contributed by atoms with Gasteiger partial charge in [-0.25, -0.2) is 4.98 Å². The van der Waals surface area contributed by atoms with Crippen molar-refractivity contribution in [2.75, 3.05) is 16.5 Å². The third-order valence-corrected chi connectivity index (χ3v) is 8.78. The van der Waals surface area contributed by atoms with E-state index in [1.54, 1.807) is 30.1 Å². The number of fused-ring (bicyclic) bond motifs is 4. The summed E-state index contributed by atoms with van der Waals surface area (Å²) in [4.78, 5) is 11.5. The Morgan fingerprint density at radius 3 is 2.19 bits per heavy atom. The first-order chi connectivity index (χ1) is 21.9. The molecule has 5 heteroatoms. The molecule has 0 saturated carbocycles. The summed E-state index contributed by atoms with van der Waals surface area (Å²) in [7, 11) is 0. The Bertz CT molecular complexity index is 2190. The van der Waals surface area contributed by atoms with E-state index in [4.69, 9.17) is 4.11 Å². The van der Waals surface area contributed by atoms with E-state index in [2.05, 4.69) is 122 Å². The minimum atomic E-state index is -2.21. The number of aromatic nitrogens is 2. The fourth-order valence-corrected chi connectivity index (χ4v) is 6.82. The summed E-state index contributed by atoms with van der Waals surface area (Å²) < 4.78 is 25.9. The van der Waals surface area contributed by atoms with E-state index in [1.165, 1.54) is 17.1 Å². The van der Waals surface area contributed by atoms with Gasteiger partial charge in [0.15, 0.2) is 0 Å². The van der Waals surface area contributed by atoms with Gasteiger partial charge in [0.05, 0.1) is 22.4 Å². The maximum absolute atomic E-state index is 7.94. The lowest BCUT2D eigenvalue weighted by molar-refractivity contribution is 0.988. The SMILES string of the molecule is [2H]C([2H])([2H])c1ccnc(-n2c3ccccc3c3ccc(Sc4cccc(N5CN(c6ccccc6)c6ccccc65)c4)cc32)c1. The number of pyridine rings is 1. The van der Waals surface area contributed by atoms with Gasteiger partial charge in [-0.05, 0) is 85.2 Å². The summed E-state index contributed by atoms with van der Waals surface area (Å²) >= 11 is 1.71. The van der Waals surface area contributed by atoms with Crippen LogP contribution >= 0.6 is 11.8 Å². The summed E-state index contributed by atoms with van der Waals surface area (Å²) in [6, 6.07) is 45.6. The average Bonchev–Trinajstić information content (AvgIpc) is 3.61. The minimum absolute atomic E-state index is 0.273. The standard InChI is InChI=1S/C37H28N4S/c1-26-20-21-38-37(22-26)41-33-15-6-5-14-31(33)32-19-18-30(24-36(32)41)42-29-13-9-12-28(23-29)40-25-39(27-10-3-2-4-11-27)34-16-7-8-17-35(34)40/h2-24H,25H2,1H3/i1D3. The molecule has 202 valence electrons. The number of anilines is 4. The quantitative estimate of drug-likeness (QED) is 0.208. The first kappa shape index (κ1) is 21.7. The van der Waals surface area contributed by atoms with E-state index in [0.717, 1.165) is 44.0 Å². The summed E-state index contributed by atoms with van der Waals surface area (Å²) in [5.41, 5.74) is 6.92. The first-order valence-corrected chi connectivity index (χ1v) is 14.7. The first-order valence-electron chi connectivity index (χ1n) is 15.4. The van der Waals surface area contributed by atoms with Crippen LogP contribution in [0.2, 0.25) is 0 Å². The molecular formula is C37H28N4S. The largest absolute Gasteiger partial charge is 0.321 e. The van der Waals surface area contributed by atoms with Gasteiger partial charge in [0.2, 0.25) is 0 Å². The molecule has 1 aliphatic heterocycles. The Morgan fingerprint density at radius 1 is 0.619 bits per heavy atom. The van der Waals surface area contributed by atoms with Crippen molar-refractivity contribution >= 4 is 56.3 Å². The van der Waals surface area contributed by atoms with Crippen LogP contribution in [0.3, 0.4) is 0 Å². The Hall–Kier alpha value is -5.00. The summed E-state index contributed by atoms with van der Waals surface area (Å²) in [5.74, 6) is 0.592. The molecule has 3 heterocycles. The highest BCUT2D eigenvalue weighted by molar-refractivity contribution is 7.99. The van der Waals surface area contributed by atoms with Gasteiger partial charge < -0.3 is 9.80 Å². The van der Waals surface area contributed by atoms with Crippen molar-refractivity contribution in [1.82, 2.24) is 9.55 Å². The van der Waals surface area contributed by atoms with Gasteiger partial charge in [-0.3, -0.25) is 4.57 Å². The highest BCUT2D eigenvalue weighted by Gasteiger charge is 2.27. The normalized spacial score (nSPS) is 14.1. The van der Waals surface area contributed by atoms with Crippen molar-refractivity contribution in [3.8, 4) is 5.82 Å². The maximum Gasteiger partial charge on any atom is 0.137 e. The van der Waals surface area contributed by atoms with E-state index in [0.29, 0.717) is 5.82 Å². The molecular weight excluding hydrogens is 533 g/mol. The summed E-state index contributed by atoms with van der Waals surface area (Å²) in [6.07, 6.45) is 1.58. The van der Waals surface area contributed by atoms with Crippen LogP contribution in [-0.2, 0) is 0 Å². The smallest absolute Gasteiger partial charge is 0.137 e. The van der Waals surface area contributed by atoms with Crippen molar-refractivity contribution in [3.63, 3.8) is 0 Å². The molecule has 4 nitrogen and oxygen atoms in total. The molecule has 8 rings (SSSR count). The number of para-hydroxylation sites is 4. The van der Waals surface area contributed by atoms with E-state index in [9.17, 15) is 0 Å². The summed E-state index contributed by atoms with van der Waals surface area (Å²) in [5, 5.41) is 2.20. The van der Waals surface area contributed by atoms with Gasteiger partial charge in [0.25, 0.3) is 0 Å². The third-order valence-electron chi connectivity index (χ3n) is 7.80. The zero-order valence-corrected chi connectivity index (χ0v) is 23.5. The Kier molecular flexibility index (Phi) is 5.23. The zero-order chi connectivity index (χ0) is 30.5. The lowest BCUT2D eigenvalue weighted by Gasteiger charge is -2.22. The van der Waals surface area contributed by atoms with E-state index in [1.807, 2.05) is 18.2 Å². The molecule has 0 atom stereocenters. The molecule has 0 unspecified atom stereocenters. The average molecular weight is 564 g/mol. The fourth-order valence-electron chi connectivity index (χ4n) is 5.92. The second-order valence-electron chi connectivity index (χ2n) is 10.4. The van der Waals surface area contributed by atoms with Gasteiger partial charge in [0, 0.05) is 42.2 Å². The van der Waals surface area contributed by atoms with Crippen LogP contribution in [0.4, 0.5) is 22.7 Å². The van der Waals surface area contributed by atoms with Gasteiger partial charge in [-0.1, -0.05) is 72.4 Å². The van der Waals surface area contributed by atoms with Crippen LogP contribution < -0.4 is 9.80 Å². The minimum Gasteiger partial charge on any atom is -0.321 e. The van der Waals surface area contributed by atoms with Crippen LogP contribution in [0.15, 0.2) is 149 Å². The predicted octanol–water partition coefficient (Wildman–Crippen LogP) is 9.89. The maximum atomic E-state index is 7.94. The molecule has 7 aromatic rings. The molecule has 0 aliphatic carbocycles. The Labute approximate surface area is 253 Å². The van der Waals surface area contributed by atoms with Crippen LogP contribution in [0, 0.1) is 6.85 Å². The highest BCUT2D eigenvalue weighted by atomic mass is 32.2. The Morgan fingerprint density at radius 2 is 1.33 bits per heavy atom. The number of benzene rings is 5. The molecule has 1 aliphatic rings. The lowest BCUT2D eigenvalue weighted by Crippen LogP contribution is -2.23. The highest BCUT2D eigenvalue weighted by Crippen LogP contribution is 2.45. The Balaban J connectivity index is 1.17. The monoisotopic (exact) mass is 563 g/mol. The molecule has 0 N–H and O–H groups in total. The second-order valence-corrected chi connectivity index (χ2v) is 11.5. The van der Waals surface area contributed by atoms with Crippen molar-refractivity contribution < 1.29 is 4.11 Å². The van der Waals surface area contributed by atoms with E-state index < -0.39 is 6.85 Å². The van der Waals surface area contributed by atoms with Crippen molar-refractivity contribution in [2.45, 2.75) is 16.6 Å². The van der Waals surface area contributed by atoms with Crippen LogP contribution in [0.5, 0.6) is 0 Å². The van der Waals surface area contributed by atoms with Gasteiger partial charge in [-0.15, -0.1) is 0 Å². The van der Waals surface area contributed by atoms with Crippen LogP contribution in [-0.4, -0.2) is 16.2 Å². The number of hydrogen-bond acceptors (Lipinski definition) is 4.